The van der Waals surface area contributed by atoms with Crippen LogP contribution >= 0.6 is 0 Å². The molecule has 0 radical (unpaired) electrons. The molecule has 0 spiro atoms. The zero-order valence-corrected chi connectivity index (χ0v) is 25.3. The van der Waals surface area contributed by atoms with E-state index in [4.69, 9.17) is 19.4 Å². The summed E-state index contributed by atoms with van der Waals surface area (Å²) in [6.45, 7) is 0. The van der Waals surface area contributed by atoms with E-state index < -0.39 is 0 Å². The van der Waals surface area contributed by atoms with Crippen molar-refractivity contribution in [2.75, 3.05) is 0 Å². The highest BCUT2D eigenvalue weighted by Gasteiger charge is 2.16. The molecule has 0 saturated carbocycles. The van der Waals surface area contributed by atoms with E-state index in [1.165, 1.54) is 16.3 Å². The van der Waals surface area contributed by atoms with Gasteiger partial charge in [-0.25, -0.2) is 15.0 Å². The summed E-state index contributed by atoms with van der Waals surface area (Å²) in [6, 6.07) is 56.3. The third kappa shape index (κ3) is 4.84. The monoisotopic (exact) mass is 601 g/mol. The number of para-hydroxylation sites is 1. The fraction of sp³-hybridized carbons (Fsp3) is 0. The predicted molar refractivity (Wildman–Crippen MR) is 192 cm³/mol. The molecule has 9 rings (SSSR count). The first-order valence-electron chi connectivity index (χ1n) is 15.7. The normalized spacial score (nSPS) is 11.4. The third-order valence-corrected chi connectivity index (χ3v) is 8.75. The van der Waals surface area contributed by atoms with E-state index in [1.807, 2.05) is 54.6 Å². The second kappa shape index (κ2) is 11.2. The summed E-state index contributed by atoms with van der Waals surface area (Å²) < 4.78 is 6.18. The topological polar surface area (TPSA) is 51.8 Å². The Kier molecular flexibility index (Phi) is 6.43. The lowest BCUT2D eigenvalue weighted by atomic mass is 9.97. The molecule has 4 nitrogen and oxygen atoms in total. The van der Waals surface area contributed by atoms with Gasteiger partial charge in [-0.3, -0.25) is 0 Å². The molecule has 0 unspecified atom stereocenters. The third-order valence-electron chi connectivity index (χ3n) is 8.75. The van der Waals surface area contributed by atoms with E-state index in [1.54, 1.807) is 0 Å². The van der Waals surface area contributed by atoms with Gasteiger partial charge in [0.15, 0.2) is 17.5 Å². The van der Waals surface area contributed by atoms with E-state index in [2.05, 4.69) is 109 Å². The molecule has 220 valence electrons. The van der Waals surface area contributed by atoms with Gasteiger partial charge in [0.1, 0.15) is 11.2 Å². The Morgan fingerprint density at radius 1 is 0.340 bits per heavy atom. The highest BCUT2D eigenvalue weighted by Crippen LogP contribution is 2.38. The molecule has 0 fully saturated rings. The van der Waals surface area contributed by atoms with E-state index in [0.717, 1.165) is 55.3 Å². The van der Waals surface area contributed by atoms with Gasteiger partial charge in [-0.15, -0.1) is 0 Å². The lowest BCUT2D eigenvalue weighted by molar-refractivity contribution is 0.669. The Balaban J connectivity index is 1.16. The maximum absolute atomic E-state index is 6.18. The molecule has 7 aromatic carbocycles. The van der Waals surface area contributed by atoms with Gasteiger partial charge in [-0.05, 0) is 51.2 Å². The highest BCUT2D eigenvalue weighted by atomic mass is 16.3. The molecule has 0 amide bonds. The van der Waals surface area contributed by atoms with Gasteiger partial charge < -0.3 is 4.42 Å². The van der Waals surface area contributed by atoms with Crippen molar-refractivity contribution in [3.8, 4) is 56.4 Å². The van der Waals surface area contributed by atoms with E-state index in [-0.39, 0.29) is 0 Å². The van der Waals surface area contributed by atoms with Crippen LogP contribution in [-0.4, -0.2) is 15.0 Å². The lowest BCUT2D eigenvalue weighted by Crippen LogP contribution is -2.00. The van der Waals surface area contributed by atoms with E-state index in [9.17, 15) is 0 Å². The van der Waals surface area contributed by atoms with Crippen LogP contribution in [0.15, 0.2) is 168 Å². The summed E-state index contributed by atoms with van der Waals surface area (Å²) in [4.78, 5) is 15.0. The molecule has 0 aliphatic heterocycles. The zero-order chi connectivity index (χ0) is 31.2. The molecule has 47 heavy (non-hydrogen) atoms. The maximum Gasteiger partial charge on any atom is 0.164 e. The molecule has 2 heterocycles. The summed E-state index contributed by atoms with van der Waals surface area (Å²) in [5.41, 5.74) is 9.07. The second-order valence-corrected chi connectivity index (χ2v) is 11.6. The van der Waals surface area contributed by atoms with Crippen molar-refractivity contribution in [2.45, 2.75) is 0 Å². The first-order valence-corrected chi connectivity index (χ1v) is 15.7. The Morgan fingerprint density at radius 3 is 1.70 bits per heavy atom. The first-order chi connectivity index (χ1) is 23.3. The average Bonchev–Trinajstić information content (AvgIpc) is 3.54. The van der Waals surface area contributed by atoms with Gasteiger partial charge in [-0.2, -0.15) is 0 Å². The summed E-state index contributed by atoms with van der Waals surface area (Å²) in [6.07, 6.45) is 0. The largest absolute Gasteiger partial charge is 0.456 e. The molecule has 2 aromatic heterocycles. The Labute approximate surface area is 271 Å². The van der Waals surface area contributed by atoms with Crippen LogP contribution in [-0.2, 0) is 0 Å². The van der Waals surface area contributed by atoms with Crippen LogP contribution in [0.1, 0.15) is 0 Å². The number of nitrogens with zero attached hydrogens (tertiary/aromatic N) is 3. The zero-order valence-electron chi connectivity index (χ0n) is 25.3. The van der Waals surface area contributed by atoms with Crippen LogP contribution < -0.4 is 0 Å². The van der Waals surface area contributed by atoms with Crippen molar-refractivity contribution in [2.24, 2.45) is 0 Å². The van der Waals surface area contributed by atoms with Crippen LogP contribution in [0.3, 0.4) is 0 Å². The quantitative estimate of drug-likeness (QED) is 0.197. The minimum absolute atomic E-state index is 0.623. The van der Waals surface area contributed by atoms with Crippen molar-refractivity contribution in [3.05, 3.63) is 164 Å². The maximum atomic E-state index is 6.18. The minimum atomic E-state index is 0.623. The smallest absolute Gasteiger partial charge is 0.164 e. The summed E-state index contributed by atoms with van der Waals surface area (Å²) in [7, 11) is 0. The fourth-order valence-electron chi connectivity index (χ4n) is 6.47. The molecule has 0 aliphatic carbocycles. The number of aromatic nitrogens is 3. The first kappa shape index (κ1) is 27.0. The van der Waals surface area contributed by atoms with Gasteiger partial charge in [0.05, 0.1) is 0 Å². The summed E-state index contributed by atoms with van der Waals surface area (Å²) >= 11 is 0. The van der Waals surface area contributed by atoms with Crippen molar-refractivity contribution in [3.63, 3.8) is 0 Å². The molecule has 9 aromatic rings. The average molecular weight is 602 g/mol. The van der Waals surface area contributed by atoms with Gasteiger partial charge in [0, 0.05) is 27.5 Å². The van der Waals surface area contributed by atoms with Crippen LogP contribution in [0.25, 0.3) is 89.1 Å². The highest BCUT2D eigenvalue weighted by molar-refractivity contribution is 6.12. The summed E-state index contributed by atoms with van der Waals surface area (Å²) in [5.74, 6) is 1.89. The van der Waals surface area contributed by atoms with Gasteiger partial charge in [-0.1, -0.05) is 146 Å². The predicted octanol–water partition coefficient (Wildman–Crippen LogP) is 11.3. The number of hydrogen-bond acceptors (Lipinski definition) is 4. The Bertz CT molecular complexity index is 2560. The Morgan fingerprint density at radius 2 is 0.872 bits per heavy atom. The molecule has 0 atom stereocenters. The van der Waals surface area contributed by atoms with Crippen molar-refractivity contribution < 1.29 is 4.42 Å². The van der Waals surface area contributed by atoms with Crippen LogP contribution in [0, 0.1) is 0 Å². The number of hydrogen-bond donors (Lipinski definition) is 0. The van der Waals surface area contributed by atoms with Gasteiger partial charge in [0.2, 0.25) is 0 Å². The van der Waals surface area contributed by atoms with Crippen molar-refractivity contribution >= 4 is 32.7 Å². The molecular weight excluding hydrogens is 574 g/mol. The number of fused-ring (bicyclic) bond motifs is 4. The molecule has 0 saturated heterocycles. The van der Waals surface area contributed by atoms with Crippen molar-refractivity contribution in [1.29, 1.82) is 0 Å². The van der Waals surface area contributed by atoms with Crippen LogP contribution in [0.2, 0.25) is 0 Å². The summed E-state index contributed by atoms with van der Waals surface area (Å²) in [5, 5.41) is 4.66. The molecular formula is C43H27N3O. The van der Waals surface area contributed by atoms with Crippen molar-refractivity contribution in [1.82, 2.24) is 15.0 Å². The molecule has 0 bridgehead atoms. The fourth-order valence-corrected chi connectivity index (χ4v) is 6.47. The number of rotatable bonds is 5. The van der Waals surface area contributed by atoms with E-state index >= 15 is 0 Å². The van der Waals surface area contributed by atoms with Crippen LogP contribution in [0.5, 0.6) is 0 Å². The number of furan rings is 1. The van der Waals surface area contributed by atoms with Gasteiger partial charge >= 0.3 is 0 Å². The molecule has 4 heteroatoms. The van der Waals surface area contributed by atoms with Gasteiger partial charge in [0.25, 0.3) is 0 Å². The SMILES string of the molecule is c1ccc(-c2nc(-c3ccc(-c4cccc5ccccc45)cc3)nc(-c3cccc(-c4cccc5oc6ccccc6c45)c3)n2)cc1. The lowest BCUT2D eigenvalue weighted by Gasteiger charge is -2.11. The molecule has 0 aliphatic rings. The second-order valence-electron chi connectivity index (χ2n) is 11.6. The number of benzene rings is 7. The Hall–Kier alpha value is -6.39. The van der Waals surface area contributed by atoms with E-state index in [0.29, 0.717) is 17.5 Å². The molecule has 0 N–H and O–H groups in total. The van der Waals surface area contributed by atoms with Crippen LogP contribution in [0.4, 0.5) is 0 Å². The minimum Gasteiger partial charge on any atom is -0.456 e. The standard InChI is InChI=1S/C43H27N3O/c1-2-12-30(13-3-1)41-44-42(31-25-23-29(24-26-31)35-19-9-14-28-11-4-5-17-34(28)35)46-43(45-41)33-16-8-15-32(27-33)36-20-10-22-39-40(36)37-18-6-7-21-38(37)47-39/h1-27H.